The van der Waals surface area contributed by atoms with Crippen LogP contribution in [0.4, 0.5) is 0 Å². The Kier molecular flexibility index (Phi) is 5.57. The minimum atomic E-state index is 0.262. The molecule has 2 rings (SSSR count). The van der Waals surface area contributed by atoms with Crippen molar-refractivity contribution in [2.45, 2.75) is 59.0 Å². The van der Waals surface area contributed by atoms with Crippen LogP contribution in [-0.4, -0.2) is 52.3 Å². The lowest BCUT2D eigenvalue weighted by molar-refractivity contribution is -0.0459. The monoisotopic (exact) mass is 280 g/mol. The Hall–Kier alpha value is -0.910. The van der Waals surface area contributed by atoms with Crippen molar-refractivity contribution < 1.29 is 4.74 Å². The lowest BCUT2D eigenvalue weighted by Crippen LogP contribution is -2.47. The first kappa shape index (κ1) is 15.5. The van der Waals surface area contributed by atoms with Gasteiger partial charge in [0.05, 0.1) is 25.8 Å². The zero-order chi connectivity index (χ0) is 14.5. The molecule has 5 heteroatoms. The maximum atomic E-state index is 5.90. The maximum Gasteiger partial charge on any atom is 0.122 e. The van der Waals surface area contributed by atoms with Gasteiger partial charge in [0.2, 0.25) is 0 Å². The predicted octanol–water partition coefficient (Wildman–Crippen LogP) is 1.49. The van der Waals surface area contributed by atoms with Gasteiger partial charge in [0.15, 0.2) is 0 Å². The number of rotatable bonds is 6. The molecule has 0 aliphatic carbocycles. The Balaban J connectivity index is 1.91. The summed E-state index contributed by atoms with van der Waals surface area (Å²) in [5.74, 6) is 1.09. The molecular weight excluding hydrogens is 252 g/mol. The molecule has 0 aromatic carbocycles. The van der Waals surface area contributed by atoms with E-state index >= 15 is 0 Å². The molecule has 1 unspecified atom stereocenters. The smallest absolute Gasteiger partial charge is 0.122 e. The highest BCUT2D eigenvalue weighted by Gasteiger charge is 2.23. The first-order valence-corrected chi connectivity index (χ1v) is 7.65. The maximum absolute atomic E-state index is 5.90. The third kappa shape index (κ3) is 4.30. The van der Waals surface area contributed by atoms with Crippen molar-refractivity contribution in [3.05, 3.63) is 18.2 Å². The first-order chi connectivity index (χ1) is 9.56. The number of nitrogens with one attached hydrogen (secondary N) is 1. The molecule has 20 heavy (non-hydrogen) atoms. The van der Waals surface area contributed by atoms with E-state index in [0.29, 0.717) is 12.1 Å². The second-order valence-electron chi connectivity index (χ2n) is 6.11. The highest BCUT2D eigenvalue weighted by Crippen LogP contribution is 2.11. The average Bonchev–Trinajstić information content (AvgIpc) is 2.84. The molecule has 0 spiro atoms. The van der Waals surface area contributed by atoms with Crippen molar-refractivity contribution in [3.8, 4) is 0 Å². The molecule has 1 aromatic heterocycles. The lowest BCUT2D eigenvalue weighted by Gasteiger charge is -2.35. The standard InChI is InChI=1S/C15H28N4O/c1-12(2)17-9-15-16-5-6-19(15)11-14-10-18(13(3)4)7-8-20-14/h5-6,12-14,17H,7-11H2,1-4H3. The van der Waals surface area contributed by atoms with Gasteiger partial charge in [-0.25, -0.2) is 4.98 Å². The average molecular weight is 280 g/mol. The van der Waals surface area contributed by atoms with Crippen LogP contribution < -0.4 is 5.32 Å². The molecule has 0 bridgehead atoms. The van der Waals surface area contributed by atoms with E-state index < -0.39 is 0 Å². The Labute approximate surface area is 122 Å². The number of morpholine rings is 1. The molecular formula is C15H28N4O. The molecule has 1 aliphatic heterocycles. The highest BCUT2D eigenvalue weighted by molar-refractivity contribution is 4.93. The summed E-state index contributed by atoms with van der Waals surface area (Å²) in [4.78, 5) is 6.92. The van der Waals surface area contributed by atoms with Crippen LogP contribution >= 0.6 is 0 Å². The van der Waals surface area contributed by atoms with Crippen LogP contribution in [0, 0.1) is 0 Å². The van der Waals surface area contributed by atoms with Crippen LogP contribution in [0.1, 0.15) is 33.5 Å². The lowest BCUT2D eigenvalue weighted by atomic mass is 10.2. The van der Waals surface area contributed by atoms with Gasteiger partial charge in [0.1, 0.15) is 5.82 Å². The molecule has 1 atom stereocenters. The van der Waals surface area contributed by atoms with Crippen molar-refractivity contribution in [1.29, 1.82) is 0 Å². The number of nitrogens with zero attached hydrogens (tertiary/aromatic N) is 3. The molecule has 0 radical (unpaired) electrons. The minimum Gasteiger partial charge on any atom is -0.374 e. The van der Waals surface area contributed by atoms with Gasteiger partial charge in [0.25, 0.3) is 0 Å². The van der Waals surface area contributed by atoms with Crippen molar-refractivity contribution >= 4 is 0 Å². The van der Waals surface area contributed by atoms with Gasteiger partial charge in [-0.1, -0.05) is 13.8 Å². The molecule has 1 aliphatic rings. The Morgan fingerprint density at radius 2 is 2.20 bits per heavy atom. The normalized spacial score (nSPS) is 21.0. The van der Waals surface area contributed by atoms with Gasteiger partial charge in [-0.05, 0) is 13.8 Å². The van der Waals surface area contributed by atoms with Crippen molar-refractivity contribution in [1.82, 2.24) is 19.8 Å². The van der Waals surface area contributed by atoms with Crippen LogP contribution in [0.25, 0.3) is 0 Å². The van der Waals surface area contributed by atoms with E-state index in [9.17, 15) is 0 Å². The summed E-state index contributed by atoms with van der Waals surface area (Å²) >= 11 is 0. The number of imidazole rings is 1. The predicted molar refractivity (Wildman–Crippen MR) is 80.7 cm³/mol. The fourth-order valence-corrected chi connectivity index (χ4v) is 2.51. The molecule has 1 aromatic rings. The Morgan fingerprint density at radius 1 is 1.40 bits per heavy atom. The highest BCUT2D eigenvalue weighted by atomic mass is 16.5. The largest absolute Gasteiger partial charge is 0.374 e. The summed E-state index contributed by atoms with van der Waals surface area (Å²) in [7, 11) is 0. The zero-order valence-electron chi connectivity index (χ0n) is 13.2. The summed E-state index contributed by atoms with van der Waals surface area (Å²) in [5.41, 5.74) is 0. The first-order valence-electron chi connectivity index (χ1n) is 7.65. The van der Waals surface area contributed by atoms with Crippen LogP contribution in [0.2, 0.25) is 0 Å². The quantitative estimate of drug-likeness (QED) is 0.857. The number of hydrogen-bond acceptors (Lipinski definition) is 4. The van der Waals surface area contributed by atoms with Crippen LogP contribution in [-0.2, 0) is 17.8 Å². The SMILES string of the molecule is CC(C)NCc1nccn1CC1CN(C(C)C)CCO1. The Morgan fingerprint density at radius 3 is 2.90 bits per heavy atom. The number of hydrogen-bond donors (Lipinski definition) is 1. The molecule has 0 amide bonds. The summed E-state index contributed by atoms with van der Waals surface area (Å²) < 4.78 is 8.11. The van der Waals surface area contributed by atoms with Crippen molar-refractivity contribution in [2.24, 2.45) is 0 Å². The van der Waals surface area contributed by atoms with Gasteiger partial charge in [0, 0.05) is 37.6 Å². The van der Waals surface area contributed by atoms with Crippen LogP contribution in [0.3, 0.4) is 0 Å². The molecule has 114 valence electrons. The minimum absolute atomic E-state index is 0.262. The van der Waals surface area contributed by atoms with Gasteiger partial charge in [-0.2, -0.15) is 0 Å². The third-order valence-electron chi connectivity index (χ3n) is 3.77. The van der Waals surface area contributed by atoms with Crippen LogP contribution in [0.5, 0.6) is 0 Å². The molecule has 2 heterocycles. The summed E-state index contributed by atoms with van der Waals surface area (Å²) in [6.07, 6.45) is 4.19. The summed E-state index contributed by atoms with van der Waals surface area (Å²) in [5, 5.41) is 3.42. The van der Waals surface area contributed by atoms with E-state index in [-0.39, 0.29) is 6.10 Å². The number of aromatic nitrogens is 2. The van der Waals surface area contributed by atoms with E-state index in [1.807, 2.05) is 6.20 Å². The van der Waals surface area contributed by atoms with Crippen LogP contribution in [0.15, 0.2) is 12.4 Å². The topological polar surface area (TPSA) is 42.3 Å². The third-order valence-corrected chi connectivity index (χ3v) is 3.77. The molecule has 1 fully saturated rings. The van der Waals surface area contributed by atoms with Crippen molar-refractivity contribution in [2.75, 3.05) is 19.7 Å². The molecule has 1 N–H and O–H groups in total. The second-order valence-corrected chi connectivity index (χ2v) is 6.11. The van der Waals surface area contributed by atoms with E-state index in [1.54, 1.807) is 0 Å². The van der Waals surface area contributed by atoms with Crippen molar-refractivity contribution in [3.63, 3.8) is 0 Å². The Bertz CT molecular complexity index is 402. The second kappa shape index (κ2) is 7.20. The van der Waals surface area contributed by atoms with Gasteiger partial charge < -0.3 is 14.6 Å². The van der Waals surface area contributed by atoms with Gasteiger partial charge in [-0.3, -0.25) is 4.90 Å². The van der Waals surface area contributed by atoms with Gasteiger partial charge >= 0.3 is 0 Å². The van der Waals surface area contributed by atoms with E-state index in [4.69, 9.17) is 4.74 Å². The zero-order valence-corrected chi connectivity index (χ0v) is 13.2. The van der Waals surface area contributed by atoms with E-state index in [2.05, 4.69) is 53.7 Å². The molecule has 5 nitrogen and oxygen atoms in total. The summed E-state index contributed by atoms with van der Waals surface area (Å²) in [6.45, 7) is 13.4. The molecule has 1 saturated heterocycles. The number of ether oxygens (including phenoxy) is 1. The van der Waals surface area contributed by atoms with Gasteiger partial charge in [-0.15, -0.1) is 0 Å². The van der Waals surface area contributed by atoms with E-state index in [0.717, 1.165) is 38.6 Å². The fraction of sp³-hybridized carbons (Fsp3) is 0.800. The fourth-order valence-electron chi connectivity index (χ4n) is 2.51. The molecule has 0 saturated carbocycles. The summed E-state index contributed by atoms with van der Waals surface area (Å²) in [6, 6.07) is 1.06. The van der Waals surface area contributed by atoms with E-state index in [1.165, 1.54) is 0 Å².